The number of fused-ring (bicyclic) bond motifs is 2. The molecule has 4 heteroatoms. The molecule has 14 heavy (non-hydrogen) atoms. The minimum atomic E-state index is 0.627. The van der Waals surface area contributed by atoms with E-state index in [9.17, 15) is 0 Å². The third-order valence-corrected chi connectivity index (χ3v) is 1.97. The van der Waals surface area contributed by atoms with Gasteiger partial charge in [-0.2, -0.15) is 0 Å². The second kappa shape index (κ2) is 2.70. The maximum atomic E-state index is 5.57. The third-order valence-electron chi connectivity index (χ3n) is 1.97. The first-order valence-electron chi connectivity index (χ1n) is 4.20. The Hall–Kier alpha value is -2.10. The molecule has 0 aromatic heterocycles. The Bertz CT molecular complexity index is 474. The van der Waals surface area contributed by atoms with Crippen LogP contribution in [-0.4, -0.2) is 12.2 Å². The number of nitrogens with zero attached hydrogens (tertiary/aromatic N) is 2. The van der Waals surface area contributed by atoms with E-state index in [1.807, 2.05) is 24.3 Å². The number of aliphatic imine (C=N–C) groups is 2. The van der Waals surface area contributed by atoms with E-state index >= 15 is 0 Å². The van der Waals surface area contributed by atoms with Gasteiger partial charge in [-0.15, -0.1) is 0 Å². The van der Waals surface area contributed by atoms with Crippen molar-refractivity contribution in [1.82, 2.24) is 5.32 Å². The summed E-state index contributed by atoms with van der Waals surface area (Å²) in [6, 6.07) is 7.60. The number of amidine groups is 1. The molecule has 2 aliphatic rings. The second-order valence-corrected chi connectivity index (χ2v) is 2.89. The van der Waals surface area contributed by atoms with Gasteiger partial charge < -0.3 is 10.1 Å². The molecule has 3 rings (SSSR count). The summed E-state index contributed by atoms with van der Waals surface area (Å²) in [4.78, 5) is 8.16. The summed E-state index contributed by atoms with van der Waals surface area (Å²) < 4.78 is 5.57. The highest BCUT2D eigenvalue weighted by molar-refractivity contribution is 6.07. The number of rotatable bonds is 0. The molecule has 1 aromatic rings. The lowest BCUT2D eigenvalue weighted by Gasteiger charge is -2.19. The van der Waals surface area contributed by atoms with Gasteiger partial charge in [0.05, 0.1) is 6.20 Å². The summed E-state index contributed by atoms with van der Waals surface area (Å²) in [7, 11) is 0. The van der Waals surface area contributed by atoms with Gasteiger partial charge >= 0.3 is 0 Å². The molecule has 4 nitrogen and oxygen atoms in total. The standard InChI is InChI=1S/C10H6N3O/c1-2-4-8-7(3-1)13-10-9(14-8)5-11-6-12-10/h1-5H,(H,11,12,13). The largest absolute Gasteiger partial charge is 0.450 e. The zero-order chi connectivity index (χ0) is 9.38. The SMILES string of the molecule is [C]1=NC=C2Oc3ccccc3N=C2N1. The van der Waals surface area contributed by atoms with Crippen LogP contribution >= 0.6 is 0 Å². The molecule has 0 spiro atoms. The minimum absolute atomic E-state index is 0.627. The van der Waals surface area contributed by atoms with Crippen molar-refractivity contribution in [3.63, 3.8) is 0 Å². The van der Waals surface area contributed by atoms with Crippen LogP contribution in [0.3, 0.4) is 0 Å². The van der Waals surface area contributed by atoms with Gasteiger partial charge in [0.15, 0.2) is 23.7 Å². The van der Waals surface area contributed by atoms with Gasteiger partial charge in [-0.05, 0) is 12.1 Å². The van der Waals surface area contributed by atoms with Crippen molar-refractivity contribution in [2.24, 2.45) is 9.98 Å². The van der Waals surface area contributed by atoms with Gasteiger partial charge in [0.25, 0.3) is 0 Å². The molecule has 0 saturated heterocycles. The maximum absolute atomic E-state index is 5.57. The van der Waals surface area contributed by atoms with Crippen molar-refractivity contribution in [2.45, 2.75) is 0 Å². The van der Waals surface area contributed by atoms with Gasteiger partial charge in [-0.25, -0.2) is 9.98 Å². The van der Waals surface area contributed by atoms with Gasteiger partial charge in [0, 0.05) is 0 Å². The Morgan fingerprint density at radius 3 is 3.21 bits per heavy atom. The van der Waals surface area contributed by atoms with E-state index in [1.54, 1.807) is 6.20 Å². The molecule has 0 saturated carbocycles. The van der Waals surface area contributed by atoms with Crippen molar-refractivity contribution in [3.05, 3.63) is 36.2 Å². The smallest absolute Gasteiger partial charge is 0.188 e. The van der Waals surface area contributed by atoms with Crippen molar-refractivity contribution in [1.29, 1.82) is 0 Å². The third kappa shape index (κ3) is 1.01. The molecule has 1 aromatic carbocycles. The summed E-state index contributed by atoms with van der Waals surface area (Å²) in [6.07, 6.45) is 4.19. The van der Waals surface area contributed by atoms with E-state index in [0.717, 1.165) is 11.4 Å². The second-order valence-electron chi connectivity index (χ2n) is 2.89. The Labute approximate surface area is 80.6 Å². The molecule has 2 aliphatic heterocycles. The summed E-state index contributed by atoms with van der Waals surface area (Å²) in [5.74, 6) is 2.03. The quantitative estimate of drug-likeness (QED) is 0.663. The molecular formula is C10H6N3O. The molecule has 67 valence electrons. The minimum Gasteiger partial charge on any atom is -0.450 e. The Morgan fingerprint density at radius 1 is 1.29 bits per heavy atom. The average molecular weight is 184 g/mol. The van der Waals surface area contributed by atoms with Crippen LogP contribution in [0.1, 0.15) is 0 Å². The number of para-hydroxylation sites is 2. The fourth-order valence-electron chi connectivity index (χ4n) is 1.33. The lowest BCUT2D eigenvalue weighted by Crippen LogP contribution is -2.30. The molecule has 0 bridgehead atoms. The van der Waals surface area contributed by atoms with Crippen LogP contribution in [0.25, 0.3) is 0 Å². The molecule has 1 N–H and O–H groups in total. The van der Waals surface area contributed by atoms with E-state index in [4.69, 9.17) is 4.74 Å². The lowest BCUT2D eigenvalue weighted by atomic mass is 10.2. The predicted octanol–water partition coefficient (Wildman–Crippen LogP) is 1.46. The van der Waals surface area contributed by atoms with E-state index in [0.29, 0.717) is 11.6 Å². The monoisotopic (exact) mass is 184 g/mol. The molecular weight excluding hydrogens is 178 g/mol. The van der Waals surface area contributed by atoms with Crippen LogP contribution in [0.5, 0.6) is 5.75 Å². The van der Waals surface area contributed by atoms with Gasteiger partial charge in [-0.1, -0.05) is 12.1 Å². The summed E-state index contributed by atoms with van der Waals surface area (Å²) >= 11 is 0. The zero-order valence-corrected chi connectivity index (χ0v) is 7.19. The van der Waals surface area contributed by atoms with Crippen molar-refractivity contribution in [3.8, 4) is 5.75 Å². The van der Waals surface area contributed by atoms with Crippen LogP contribution in [-0.2, 0) is 0 Å². The van der Waals surface area contributed by atoms with Gasteiger partial charge in [-0.3, -0.25) is 0 Å². The zero-order valence-electron chi connectivity index (χ0n) is 7.19. The first-order chi connectivity index (χ1) is 6.93. The highest BCUT2D eigenvalue weighted by atomic mass is 16.5. The van der Waals surface area contributed by atoms with Crippen LogP contribution in [0.4, 0.5) is 5.69 Å². The highest BCUT2D eigenvalue weighted by Crippen LogP contribution is 2.32. The van der Waals surface area contributed by atoms with Crippen molar-refractivity contribution >= 4 is 17.9 Å². The molecule has 0 aliphatic carbocycles. The molecule has 0 unspecified atom stereocenters. The Balaban J connectivity index is 2.15. The molecule has 1 radical (unpaired) electrons. The Kier molecular flexibility index (Phi) is 1.41. The first kappa shape index (κ1) is 7.32. The highest BCUT2D eigenvalue weighted by Gasteiger charge is 2.19. The topological polar surface area (TPSA) is 46.0 Å². The van der Waals surface area contributed by atoms with Crippen LogP contribution in [0.2, 0.25) is 0 Å². The molecule has 0 fully saturated rings. The Morgan fingerprint density at radius 2 is 2.21 bits per heavy atom. The summed E-state index contributed by atoms with van der Waals surface area (Å²) in [6.45, 7) is 0. The first-order valence-corrected chi connectivity index (χ1v) is 4.20. The number of nitrogens with one attached hydrogen (secondary N) is 1. The maximum Gasteiger partial charge on any atom is 0.188 e. The van der Waals surface area contributed by atoms with Crippen molar-refractivity contribution in [2.75, 3.05) is 0 Å². The number of ether oxygens (including phenoxy) is 1. The molecule has 0 amide bonds. The number of hydrogen-bond acceptors (Lipinski definition) is 4. The molecule has 2 heterocycles. The summed E-state index contributed by atoms with van der Waals surface area (Å²) in [5, 5.41) is 2.80. The van der Waals surface area contributed by atoms with E-state index in [-0.39, 0.29) is 0 Å². The van der Waals surface area contributed by atoms with E-state index < -0.39 is 0 Å². The lowest BCUT2D eigenvalue weighted by molar-refractivity contribution is 0.445. The number of hydrogen-bond donors (Lipinski definition) is 1. The van der Waals surface area contributed by atoms with Crippen LogP contribution in [0, 0.1) is 0 Å². The molecule has 0 atom stereocenters. The van der Waals surface area contributed by atoms with Crippen molar-refractivity contribution < 1.29 is 4.74 Å². The summed E-state index contributed by atoms with van der Waals surface area (Å²) in [5.41, 5.74) is 0.816. The fourth-order valence-corrected chi connectivity index (χ4v) is 1.33. The van der Waals surface area contributed by atoms with Gasteiger partial charge in [0.2, 0.25) is 0 Å². The predicted molar refractivity (Wildman–Crippen MR) is 52.8 cm³/mol. The fraction of sp³-hybridized carbons (Fsp3) is 0. The van der Waals surface area contributed by atoms with E-state index in [1.165, 1.54) is 0 Å². The van der Waals surface area contributed by atoms with Gasteiger partial charge in [0.1, 0.15) is 5.69 Å². The van der Waals surface area contributed by atoms with E-state index in [2.05, 4.69) is 21.6 Å². The van der Waals surface area contributed by atoms with Crippen LogP contribution in [0.15, 0.2) is 46.2 Å². The normalized spacial score (nSPS) is 16.9. The number of benzene rings is 1. The van der Waals surface area contributed by atoms with Crippen LogP contribution < -0.4 is 10.1 Å². The average Bonchev–Trinajstić information content (AvgIpc) is 2.26.